The first-order valence-electron chi connectivity index (χ1n) is 5.88. The third kappa shape index (κ3) is 4.44. The SMILES string of the molecule is CN(CCCCC(=O)NN)c1ccc(C#N)cc1. The van der Waals surface area contributed by atoms with Gasteiger partial charge in [-0.05, 0) is 37.1 Å². The van der Waals surface area contributed by atoms with E-state index >= 15 is 0 Å². The Morgan fingerprint density at radius 3 is 2.61 bits per heavy atom. The molecule has 5 heteroatoms. The normalized spacial score (nSPS) is 9.61. The van der Waals surface area contributed by atoms with E-state index in [9.17, 15) is 4.79 Å². The second-order valence-corrected chi connectivity index (χ2v) is 4.10. The molecule has 1 aromatic rings. The molecule has 0 bridgehead atoms. The van der Waals surface area contributed by atoms with Crippen LogP contribution in [-0.4, -0.2) is 19.5 Å². The van der Waals surface area contributed by atoms with E-state index in [1.807, 2.05) is 19.2 Å². The van der Waals surface area contributed by atoms with Crippen LogP contribution in [0.15, 0.2) is 24.3 Å². The highest BCUT2D eigenvalue weighted by Crippen LogP contribution is 2.14. The van der Waals surface area contributed by atoms with E-state index < -0.39 is 0 Å². The first-order chi connectivity index (χ1) is 8.67. The minimum absolute atomic E-state index is 0.129. The van der Waals surface area contributed by atoms with E-state index in [-0.39, 0.29) is 5.91 Å². The maximum absolute atomic E-state index is 10.9. The highest BCUT2D eigenvalue weighted by atomic mass is 16.2. The van der Waals surface area contributed by atoms with Gasteiger partial charge in [0.25, 0.3) is 0 Å². The maximum Gasteiger partial charge on any atom is 0.233 e. The van der Waals surface area contributed by atoms with Crippen molar-refractivity contribution in [2.75, 3.05) is 18.5 Å². The number of anilines is 1. The summed E-state index contributed by atoms with van der Waals surface area (Å²) in [6, 6.07) is 9.53. The summed E-state index contributed by atoms with van der Waals surface area (Å²) in [5.74, 6) is 4.87. The number of hydrogen-bond donors (Lipinski definition) is 2. The van der Waals surface area contributed by atoms with Gasteiger partial charge >= 0.3 is 0 Å². The van der Waals surface area contributed by atoms with Crippen molar-refractivity contribution in [3.8, 4) is 6.07 Å². The summed E-state index contributed by atoms with van der Waals surface area (Å²) in [6.45, 7) is 0.865. The highest BCUT2D eigenvalue weighted by molar-refractivity contribution is 5.75. The quantitative estimate of drug-likeness (QED) is 0.341. The van der Waals surface area contributed by atoms with Crippen molar-refractivity contribution in [2.24, 2.45) is 5.84 Å². The molecule has 0 radical (unpaired) electrons. The molecule has 0 aliphatic rings. The zero-order valence-corrected chi connectivity index (χ0v) is 10.5. The molecule has 0 aromatic heterocycles. The number of nitriles is 1. The van der Waals surface area contributed by atoms with E-state index in [2.05, 4.69) is 16.4 Å². The number of carbonyl (C=O) groups is 1. The molecule has 18 heavy (non-hydrogen) atoms. The summed E-state index contributed by atoms with van der Waals surface area (Å²) in [5.41, 5.74) is 3.84. The van der Waals surface area contributed by atoms with Gasteiger partial charge in [0.15, 0.2) is 0 Å². The van der Waals surface area contributed by atoms with Crippen LogP contribution in [0.4, 0.5) is 5.69 Å². The standard InChI is InChI=1S/C13H18N4O/c1-17(9-3-2-4-13(18)16-15)12-7-5-11(10-14)6-8-12/h5-8H,2-4,9,15H2,1H3,(H,16,18). The number of carbonyl (C=O) groups excluding carboxylic acids is 1. The number of nitrogens with one attached hydrogen (secondary N) is 1. The highest BCUT2D eigenvalue weighted by Gasteiger charge is 2.02. The first kappa shape index (κ1) is 14.0. The van der Waals surface area contributed by atoms with Gasteiger partial charge in [0.05, 0.1) is 11.6 Å². The summed E-state index contributed by atoms with van der Waals surface area (Å²) in [5, 5.41) is 8.70. The van der Waals surface area contributed by atoms with E-state index in [0.29, 0.717) is 12.0 Å². The smallest absolute Gasteiger partial charge is 0.233 e. The maximum atomic E-state index is 10.9. The molecular formula is C13H18N4O. The Labute approximate surface area is 107 Å². The number of hydrogen-bond acceptors (Lipinski definition) is 4. The molecule has 0 saturated heterocycles. The van der Waals surface area contributed by atoms with Gasteiger partial charge in [-0.15, -0.1) is 0 Å². The molecule has 1 rings (SSSR count). The number of nitrogens with two attached hydrogens (primary N) is 1. The Balaban J connectivity index is 2.34. The monoisotopic (exact) mass is 246 g/mol. The van der Waals surface area contributed by atoms with Gasteiger partial charge in [-0.2, -0.15) is 5.26 Å². The number of hydrazine groups is 1. The van der Waals surface area contributed by atoms with Gasteiger partial charge in [0, 0.05) is 25.7 Å². The molecule has 0 aliphatic heterocycles. The topological polar surface area (TPSA) is 82.2 Å². The van der Waals surface area contributed by atoms with Crippen LogP contribution < -0.4 is 16.2 Å². The lowest BCUT2D eigenvalue weighted by molar-refractivity contribution is -0.121. The molecule has 0 aliphatic carbocycles. The fourth-order valence-corrected chi connectivity index (χ4v) is 1.63. The Hall–Kier alpha value is -2.06. The lowest BCUT2D eigenvalue weighted by Gasteiger charge is -2.19. The van der Waals surface area contributed by atoms with Crippen molar-refractivity contribution in [1.82, 2.24) is 5.43 Å². The van der Waals surface area contributed by atoms with Crippen molar-refractivity contribution < 1.29 is 4.79 Å². The lowest BCUT2D eigenvalue weighted by atomic mass is 10.2. The summed E-state index contributed by atoms with van der Waals surface area (Å²) in [4.78, 5) is 13.0. The van der Waals surface area contributed by atoms with Gasteiger partial charge in [-0.1, -0.05) is 0 Å². The van der Waals surface area contributed by atoms with Crippen LogP contribution in [0.3, 0.4) is 0 Å². The molecule has 5 nitrogen and oxygen atoms in total. The fraction of sp³-hybridized carbons (Fsp3) is 0.385. The van der Waals surface area contributed by atoms with E-state index in [1.54, 1.807) is 12.1 Å². The Kier molecular flexibility index (Phi) is 5.68. The van der Waals surface area contributed by atoms with Crippen LogP contribution in [0, 0.1) is 11.3 Å². The summed E-state index contributed by atoms with van der Waals surface area (Å²) in [6.07, 6.45) is 2.19. The molecule has 0 heterocycles. The lowest BCUT2D eigenvalue weighted by Crippen LogP contribution is -2.29. The van der Waals surface area contributed by atoms with Crippen LogP contribution in [0.1, 0.15) is 24.8 Å². The van der Waals surface area contributed by atoms with E-state index in [1.165, 1.54) is 0 Å². The van der Waals surface area contributed by atoms with Crippen molar-refractivity contribution in [1.29, 1.82) is 5.26 Å². The molecule has 96 valence electrons. The van der Waals surface area contributed by atoms with Crippen LogP contribution in [0.2, 0.25) is 0 Å². The van der Waals surface area contributed by atoms with Crippen LogP contribution in [0.5, 0.6) is 0 Å². The number of rotatable bonds is 6. The molecule has 0 spiro atoms. The average Bonchev–Trinajstić information content (AvgIpc) is 2.43. The molecule has 0 unspecified atom stereocenters. The molecule has 0 atom stereocenters. The molecule has 3 N–H and O–H groups in total. The number of benzene rings is 1. The number of amides is 1. The van der Waals surface area contributed by atoms with Gasteiger partial charge in [0.2, 0.25) is 5.91 Å². The molecule has 0 fully saturated rings. The van der Waals surface area contributed by atoms with E-state index in [0.717, 1.165) is 25.1 Å². The van der Waals surface area contributed by atoms with E-state index in [4.69, 9.17) is 11.1 Å². The third-order valence-electron chi connectivity index (χ3n) is 2.75. The van der Waals surface area contributed by atoms with Crippen molar-refractivity contribution in [3.05, 3.63) is 29.8 Å². The summed E-state index contributed by atoms with van der Waals surface area (Å²) < 4.78 is 0. The summed E-state index contributed by atoms with van der Waals surface area (Å²) in [7, 11) is 1.99. The minimum atomic E-state index is -0.129. The predicted molar refractivity (Wildman–Crippen MR) is 70.6 cm³/mol. The first-order valence-corrected chi connectivity index (χ1v) is 5.88. The van der Waals surface area contributed by atoms with Crippen LogP contribution >= 0.6 is 0 Å². The average molecular weight is 246 g/mol. The second kappa shape index (κ2) is 7.30. The van der Waals surface area contributed by atoms with Gasteiger partial charge in [0.1, 0.15) is 0 Å². The Morgan fingerprint density at radius 2 is 2.06 bits per heavy atom. The molecule has 1 amide bonds. The molecule has 1 aromatic carbocycles. The second-order valence-electron chi connectivity index (χ2n) is 4.10. The van der Waals surface area contributed by atoms with Gasteiger partial charge in [-0.25, -0.2) is 5.84 Å². The van der Waals surface area contributed by atoms with Crippen LogP contribution in [-0.2, 0) is 4.79 Å². The van der Waals surface area contributed by atoms with Crippen molar-refractivity contribution in [2.45, 2.75) is 19.3 Å². The zero-order valence-electron chi connectivity index (χ0n) is 10.5. The van der Waals surface area contributed by atoms with Crippen LogP contribution in [0.25, 0.3) is 0 Å². The predicted octanol–water partition coefficient (Wildman–Crippen LogP) is 1.15. The largest absolute Gasteiger partial charge is 0.375 e. The number of nitrogens with zero attached hydrogens (tertiary/aromatic N) is 2. The van der Waals surface area contributed by atoms with Crippen molar-refractivity contribution >= 4 is 11.6 Å². The molecular weight excluding hydrogens is 228 g/mol. The Bertz CT molecular complexity index is 422. The Morgan fingerprint density at radius 1 is 1.39 bits per heavy atom. The minimum Gasteiger partial charge on any atom is -0.375 e. The zero-order chi connectivity index (χ0) is 13.4. The fourth-order valence-electron chi connectivity index (χ4n) is 1.63. The van der Waals surface area contributed by atoms with Gasteiger partial charge in [-0.3, -0.25) is 10.2 Å². The van der Waals surface area contributed by atoms with Gasteiger partial charge < -0.3 is 4.90 Å². The number of unbranched alkanes of at least 4 members (excludes halogenated alkanes) is 1. The third-order valence-corrected chi connectivity index (χ3v) is 2.75. The summed E-state index contributed by atoms with van der Waals surface area (Å²) >= 11 is 0. The molecule has 0 saturated carbocycles. The van der Waals surface area contributed by atoms with Crippen molar-refractivity contribution in [3.63, 3.8) is 0 Å².